The Kier molecular flexibility index (Phi) is 4.33. The van der Waals surface area contributed by atoms with E-state index < -0.39 is 6.43 Å². The summed E-state index contributed by atoms with van der Waals surface area (Å²) in [6.07, 6.45) is -2.77. The summed E-state index contributed by atoms with van der Waals surface area (Å²) in [5.74, 6) is 0. The largest absolute Gasteiger partial charge is 0.264 e. The molecule has 0 atom stereocenters. The van der Waals surface area contributed by atoms with Gasteiger partial charge < -0.3 is 0 Å². The zero-order valence-corrected chi connectivity index (χ0v) is 9.63. The number of nitriles is 2. The second kappa shape index (κ2) is 5.53. The quantitative estimate of drug-likeness (QED) is 0.803. The fourth-order valence-corrected chi connectivity index (χ4v) is 1.84. The highest BCUT2D eigenvalue weighted by molar-refractivity contribution is 9.08. The molecule has 0 unspecified atom stereocenters. The maximum atomic E-state index is 12.7. The minimum atomic E-state index is -2.68. The van der Waals surface area contributed by atoms with E-state index in [2.05, 4.69) is 20.9 Å². The molecule has 0 amide bonds. The SMILES string of the molecule is N#CCc1cc(C(F)F)c(CBr)c(C#N)n1. The molecule has 3 nitrogen and oxygen atoms in total. The summed E-state index contributed by atoms with van der Waals surface area (Å²) in [6, 6.07) is 4.74. The van der Waals surface area contributed by atoms with Crippen molar-refractivity contribution in [1.82, 2.24) is 4.98 Å². The van der Waals surface area contributed by atoms with Crippen LogP contribution in [0.5, 0.6) is 0 Å². The lowest BCUT2D eigenvalue weighted by atomic mass is 10.1. The van der Waals surface area contributed by atoms with Crippen LogP contribution in [0.4, 0.5) is 8.78 Å². The maximum Gasteiger partial charge on any atom is 0.264 e. The van der Waals surface area contributed by atoms with Crippen LogP contribution >= 0.6 is 15.9 Å². The first-order valence-corrected chi connectivity index (χ1v) is 5.40. The summed E-state index contributed by atoms with van der Waals surface area (Å²) in [6.45, 7) is 0. The van der Waals surface area contributed by atoms with Gasteiger partial charge in [-0.2, -0.15) is 10.5 Å². The van der Waals surface area contributed by atoms with Gasteiger partial charge in [0.1, 0.15) is 11.8 Å². The van der Waals surface area contributed by atoms with Gasteiger partial charge in [-0.3, -0.25) is 0 Å². The molecule has 0 saturated carbocycles. The Morgan fingerprint density at radius 1 is 1.44 bits per heavy atom. The molecule has 1 aromatic heterocycles. The average Bonchev–Trinajstić information content (AvgIpc) is 2.28. The van der Waals surface area contributed by atoms with Crippen molar-refractivity contribution >= 4 is 15.9 Å². The van der Waals surface area contributed by atoms with Crippen molar-refractivity contribution in [1.29, 1.82) is 10.5 Å². The fraction of sp³-hybridized carbons (Fsp3) is 0.300. The molecule has 0 aliphatic carbocycles. The first-order chi connectivity index (χ1) is 7.63. The maximum absolute atomic E-state index is 12.7. The molecule has 6 heteroatoms. The molecule has 0 N–H and O–H groups in total. The Morgan fingerprint density at radius 2 is 2.12 bits per heavy atom. The Bertz CT molecular complexity index is 474. The zero-order valence-electron chi connectivity index (χ0n) is 8.04. The van der Waals surface area contributed by atoms with Crippen LogP contribution in [-0.2, 0) is 11.8 Å². The summed E-state index contributed by atoms with van der Waals surface area (Å²) in [5, 5.41) is 17.4. The topological polar surface area (TPSA) is 60.5 Å². The van der Waals surface area contributed by atoms with Gasteiger partial charge in [0.25, 0.3) is 6.43 Å². The molecule has 16 heavy (non-hydrogen) atoms. The number of nitrogens with zero attached hydrogens (tertiary/aromatic N) is 3. The molecule has 1 heterocycles. The summed E-state index contributed by atoms with van der Waals surface area (Å²) < 4.78 is 25.4. The lowest BCUT2D eigenvalue weighted by Crippen LogP contribution is -2.03. The molecule has 0 radical (unpaired) electrons. The molecule has 0 saturated heterocycles. The Labute approximate surface area is 99.5 Å². The Morgan fingerprint density at radius 3 is 2.56 bits per heavy atom. The van der Waals surface area contributed by atoms with Gasteiger partial charge in [0, 0.05) is 16.5 Å². The number of hydrogen-bond donors (Lipinski definition) is 0. The Balaban J connectivity index is 3.40. The number of pyridine rings is 1. The number of alkyl halides is 3. The first kappa shape index (κ1) is 12.5. The molecule has 1 aromatic rings. The highest BCUT2D eigenvalue weighted by atomic mass is 79.9. The summed E-state index contributed by atoms with van der Waals surface area (Å²) in [5.41, 5.74) is 0.0758. The third-order valence-electron chi connectivity index (χ3n) is 1.95. The van der Waals surface area contributed by atoms with Gasteiger partial charge in [-0.15, -0.1) is 0 Å². The van der Waals surface area contributed by atoms with Gasteiger partial charge in [-0.25, -0.2) is 13.8 Å². The highest BCUT2D eigenvalue weighted by Crippen LogP contribution is 2.27. The van der Waals surface area contributed by atoms with Crippen molar-refractivity contribution in [3.05, 3.63) is 28.6 Å². The van der Waals surface area contributed by atoms with Crippen molar-refractivity contribution in [3.8, 4) is 12.1 Å². The summed E-state index contributed by atoms with van der Waals surface area (Å²) in [7, 11) is 0. The van der Waals surface area contributed by atoms with E-state index in [0.717, 1.165) is 0 Å². The van der Waals surface area contributed by atoms with E-state index in [1.54, 1.807) is 6.07 Å². The smallest absolute Gasteiger partial charge is 0.241 e. The van der Waals surface area contributed by atoms with Gasteiger partial charge in [-0.05, 0) is 6.07 Å². The van der Waals surface area contributed by atoms with Crippen LogP contribution in [0.1, 0.15) is 28.9 Å². The molecule has 0 aliphatic rings. The molecule has 82 valence electrons. The van der Waals surface area contributed by atoms with Crippen molar-refractivity contribution in [3.63, 3.8) is 0 Å². The Hall–Kier alpha value is -1.53. The van der Waals surface area contributed by atoms with Crippen LogP contribution in [0.25, 0.3) is 0 Å². The molecule has 0 fully saturated rings. The van der Waals surface area contributed by atoms with E-state index in [4.69, 9.17) is 10.5 Å². The van der Waals surface area contributed by atoms with E-state index >= 15 is 0 Å². The van der Waals surface area contributed by atoms with E-state index in [0.29, 0.717) is 0 Å². The second-order valence-electron chi connectivity index (χ2n) is 2.91. The molecule has 1 rings (SSSR count). The van der Waals surface area contributed by atoms with Crippen LogP contribution in [0.15, 0.2) is 6.07 Å². The van der Waals surface area contributed by atoms with Crippen molar-refractivity contribution < 1.29 is 8.78 Å². The van der Waals surface area contributed by atoms with E-state index in [-0.39, 0.29) is 34.3 Å². The van der Waals surface area contributed by atoms with E-state index in [9.17, 15) is 8.78 Å². The standard InChI is InChI=1S/C10H6BrF2N3/c11-4-8-7(10(12)13)3-6(1-2-14)16-9(8)5-15/h3,10H,1,4H2. The molecule has 0 bridgehead atoms. The van der Waals surface area contributed by atoms with Crippen molar-refractivity contribution in [2.24, 2.45) is 0 Å². The average molecular weight is 286 g/mol. The molecule has 0 spiro atoms. The van der Waals surface area contributed by atoms with Crippen molar-refractivity contribution in [2.75, 3.05) is 0 Å². The zero-order chi connectivity index (χ0) is 12.1. The third kappa shape index (κ3) is 2.53. The molecular formula is C10H6BrF2N3. The molecule has 0 aromatic carbocycles. The van der Waals surface area contributed by atoms with Gasteiger partial charge in [0.2, 0.25) is 0 Å². The number of rotatable bonds is 3. The summed E-state index contributed by atoms with van der Waals surface area (Å²) in [4.78, 5) is 3.85. The van der Waals surface area contributed by atoms with Crippen LogP contribution < -0.4 is 0 Å². The van der Waals surface area contributed by atoms with E-state index in [1.165, 1.54) is 6.07 Å². The van der Waals surface area contributed by atoms with Gasteiger partial charge in [0.15, 0.2) is 0 Å². The lowest BCUT2D eigenvalue weighted by Gasteiger charge is -2.09. The minimum Gasteiger partial charge on any atom is -0.241 e. The van der Waals surface area contributed by atoms with Crippen LogP contribution in [0, 0.1) is 22.7 Å². The predicted molar refractivity (Wildman–Crippen MR) is 55.9 cm³/mol. The van der Waals surface area contributed by atoms with E-state index in [1.807, 2.05) is 6.07 Å². The lowest BCUT2D eigenvalue weighted by molar-refractivity contribution is 0.150. The summed E-state index contributed by atoms with van der Waals surface area (Å²) >= 11 is 3.04. The second-order valence-corrected chi connectivity index (χ2v) is 3.47. The van der Waals surface area contributed by atoms with Gasteiger partial charge in [0.05, 0.1) is 18.2 Å². The molecule has 0 aliphatic heterocycles. The third-order valence-corrected chi connectivity index (χ3v) is 2.51. The van der Waals surface area contributed by atoms with Crippen molar-refractivity contribution in [2.45, 2.75) is 18.2 Å². The number of hydrogen-bond acceptors (Lipinski definition) is 3. The van der Waals surface area contributed by atoms with Crippen LogP contribution in [-0.4, -0.2) is 4.98 Å². The van der Waals surface area contributed by atoms with Gasteiger partial charge >= 0.3 is 0 Å². The normalized spacial score (nSPS) is 9.88. The number of halogens is 3. The monoisotopic (exact) mass is 285 g/mol. The number of aromatic nitrogens is 1. The first-order valence-electron chi connectivity index (χ1n) is 4.27. The highest BCUT2D eigenvalue weighted by Gasteiger charge is 2.18. The predicted octanol–water partition coefficient (Wildman–Crippen LogP) is 2.85. The minimum absolute atomic E-state index is 0.0556. The molecular weight excluding hydrogens is 280 g/mol. The van der Waals surface area contributed by atoms with Crippen LogP contribution in [0.2, 0.25) is 0 Å². The van der Waals surface area contributed by atoms with Crippen LogP contribution in [0.3, 0.4) is 0 Å². The fourth-order valence-electron chi connectivity index (χ4n) is 1.25. The van der Waals surface area contributed by atoms with Gasteiger partial charge in [-0.1, -0.05) is 15.9 Å².